The van der Waals surface area contributed by atoms with Crippen molar-refractivity contribution in [2.75, 3.05) is 31.1 Å². The first kappa shape index (κ1) is 14.4. The number of ether oxygens (including phenoxy) is 1. The predicted molar refractivity (Wildman–Crippen MR) is 84.8 cm³/mol. The third-order valence-corrected chi connectivity index (χ3v) is 3.64. The number of benzene rings is 1. The molecule has 1 saturated heterocycles. The van der Waals surface area contributed by atoms with E-state index in [9.17, 15) is 0 Å². The molecule has 0 amide bonds. The zero-order valence-electron chi connectivity index (χ0n) is 12.3. The number of hydrogen-bond acceptors (Lipinski definition) is 5. The fourth-order valence-electron chi connectivity index (χ4n) is 2.43. The van der Waals surface area contributed by atoms with Crippen molar-refractivity contribution < 1.29 is 4.74 Å². The van der Waals surface area contributed by atoms with Crippen molar-refractivity contribution in [1.82, 2.24) is 10.3 Å². The molecule has 0 bridgehead atoms. The van der Waals surface area contributed by atoms with Gasteiger partial charge in [0.15, 0.2) is 0 Å². The second kappa shape index (κ2) is 6.92. The molecule has 5 heteroatoms. The topological polar surface area (TPSA) is 61.2 Å². The lowest BCUT2D eigenvalue weighted by atomic mass is 10.2. The highest BCUT2D eigenvalue weighted by atomic mass is 16.5. The SMILES string of the molecule is N#Cc1ccc(COc2cccc(N3CCNCC3)c2)nc1. The second-order valence-corrected chi connectivity index (χ2v) is 5.17. The minimum atomic E-state index is 0.400. The van der Waals surface area contributed by atoms with Crippen LogP contribution in [0, 0.1) is 11.3 Å². The minimum absolute atomic E-state index is 0.400. The van der Waals surface area contributed by atoms with Crippen molar-refractivity contribution in [3.8, 4) is 11.8 Å². The van der Waals surface area contributed by atoms with Crippen molar-refractivity contribution in [3.05, 3.63) is 53.9 Å². The van der Waals surface area contributed by atoms with Crippen LogP contribution in [0.4, 0.5) is 5.69 Å². The zero-order valence-corrected chi connectivity index (χ0v) is 12.3. The summed E-state index contributed by atoms with van der Waals surface area (Å²) in [5, 5.41) is 12.1. The van der Waals surface area contributed by atoms with Gasteiger partial charge in [0.2, 0.25) is 0 Å². The van der Waals surface area contributed by atoms with Crippen LogP contribution in [0.3, 0.4) is 0 Å². The van der Waals surface area contributed by atoms with Crippen LogP contribution in [0.15, 0.2) is 42.6 Å². The highest BCUT2D eigenvalue weighted by Crippen LogP contribution is 2.22. The van der Waals surface area contributed by atoms with Crippen LogP contribution >= 0.6 is 0 Å². The first-order chi connectivity index (χ1) is 10.8. The number of piperazine rings is 1. The van der Waals surface area contributed by atoms with Crippen LogP contribution in [0.2, 0.25) is 0 Å². The molecule has 1 aliphatic rings. The smallest absolute Gasteiger partial charge is 0.130 e. The maximum Gasteiger partial charge on any atom is 0.130 e. The van der Waals surface area contributed by atoms with Gasteiger partial charge in [0.25, 0.3) is 0 Å². The van der Waals surface area contributed by atoms with Crippen molar-refractivity contribution in [3.63, 3.8) is 0 Å². The molecule has 22 heavy (non-hydrogen) atoms. The van der Waals surface area contributed by atoms with Gasteiger partial charge in [-0.3, -0.25) is 4.98 Å². The molecule has 0 aliphatic carbocycles. The number of rotatable bonds is 4. The number of nitrogens with one attached hydrogen (secondary N) is 1. The van der Waals surface area contributed by atoms with E-state index in [4.69, 9.17) is 10.00 Å². The molecule has 1 aromatic heterocycles. The first-order valence-electron chi connectivity index (χ1n) is 7.39. The zero-order chi connectivity index (χ0) is 15.2. The van der Waals surface area contributed by atoms with Gasteiger partial charge >= 0.3 is 0 Å². The Morgan fingerprint density at radius 1 is 1.23 bits per heavy atom. The summed E-state index contributed by atoms with van der Waals surface area (Å²) in [6, 6.07) is 13.8. The molecule has 5 nitrogen and oxygen atoms in total. The monoisotopic (exact) mass is 294 g/mol. The predicted octanol–water partition coefficient (Wildman–Crippen LogP) is 1.94. The summed E-state index contributed by atoms with van der Waals surface area (Å²) in [5.74, 6) is 0.835. The summed E-state index contributed by atoms with van der Waals surface area (Å²) in [5.41, 5.74) is 2.56. The van der Waals surface area contributed by atoms with Gasteiger partial charge in [-0.05, 0) is 24.3 Å². The number of anilines is 1. The van der Waals surface area contributed by atoms with Crippen LogP contribution in [0.25, 0.3) is 0 Å². The second-order valence-electron chi connectivity index (χ2n) is 5.17. The molecular weight excluding hydrogens is 276 g/mol. The quantitative estimate of drug-likeness (QED) is 0.934. The molecule has 0 atom stereocenters. The van der Waals surface area contributed by atoms with E-state index in [0.717, 1.165) is 37.6 Å². The molecule has 1 N–H and O–H groups in total. The summed E-state index contributed by atoms with van der Waals surface area (Å²) < 4.78 is 5.81. The Hall–Kier alpha value is -2.58. The molecule has 1 aromatic carbocycles. The highest BCUT2D eigenvalue weighted by Gasteiger charge is 2.10. The Balaban J connectivity index is 1.63. The Kier molecular flexibility index (Phi) is 4.52. The van der Waals surface area contributed by atoms with Crippen LogP contribution in [-0.2, 0) is 6.61 Å². The van der Waals surface area contributed by atoms with E-state index >= 15 is 0 Å². The van der Waals surface area contributed by atoms with Gasteiger partial charge in [0.1, 0.15) is 18.4 Å². The molecule has 3 rings (SSSR count). The van der Waals surface area contributed by atoms with Crippen molar-refractivity contribution >= 4 is 5.69 Å². The fourth-order valence-corrected chi connectivity index (χ4v) is 2.43. The molecule has 0 saturated carbocycles. The van der Waals surface area contributed by atoms with E-state index in [2.05, 4.69) is 33.4 Å². The summed E-state index contributed by atoms with van der Waals surface area (Å²) in [6.45, 7) is 4.46. The lowest BCUT2D eigenvalue weighted by Gasteiger charge is -2.29. The van der Waals surface area contributed by atoms with E-state index in [-0.39, 0.29) is 0 Å². The van der Waals surface area contributed by atoms with E-state index < -0.39 is 0 Å². The number of nitrogens with zero attached hydrogens (tertiary/aromatic N) is 3. The Morgan fingerprint density at radius 2 is 2.09 bits per heavy atom. The van der Waals surface area contributed by atoms with Gasteiger partial charge in [-0.25, -0.2) is 0 Å². The summed E-state index contributed by atoms with van der Waals surface area (Å²) in [6.07, 6.45) is 1.57. The van der Waals surface area contributed by atoms with Gasteiger partial charge in [-0.2, -0.15) is 5.26 Å². The van der Waals surface area contributed by atoms with Gasteiger partial charge in [-0.1, -0.05) is 6.07 Å². The van der Waals surface area contributed by atoms with Gasteiger partial charge in [0.05, 0.1) is 11.3 Å². The maximum atomic E-state index is 8.76. The Labute approximate surface area is 130 Å². The molecule has 1 aliphatic heterocycles. The van der Waals surface area contributed by atoms with E-state index in [1.54, 1.807) is 12.3 Å². The summed E-state index contributed by atoms with van der Waals surface area (Å²) >= 11 is 0. The molecule has 0 radical (unpaired) electrons. The van der Waals surface area contributed by atoms with Gasteiger partial charge in [0, 0.05) is 44.1 Å². The maximum absolute atomic E-state index is 8.76. The van der Waals surface area contributed by atoms with Crippen molar-refractivity contribution in [2.45, 2.75) is 6.61 Å². The lowest BCUT2D eigenvalue weighted by molar-refractivity contribution is 0.301. The van der Waals surface area contributed by atoms with E-state index in [1.165, 1.54) is 5.69 Å². The average Bonchev–Trinajstić information content (AvgIpc) is 2.61. The van der Waals surface area contributed by atoms with Crippen molar-refractivity contribution in [1.29, 1.82) is 5.26 Å². The summed E-state index contributed by atoms with van der Waals surface area (Å²) in [4.78, 5) is 6.56. The lowest BCUT2D eigenvalue weighted by Crippen LogP contribution is -2.43. The standard InChI is InChI=1S/C17H18N4O/c18-11-14-4-5-15(20-12-14)13-22-17-3-1-2-16(10-17)21-8-6-19-7-9-21/h1-5,10,12,19H,6-9,13H2. The molecular formula is C17H18N4O. The van der Waals surface area contributed by atoms with Crippen LogP contribution in [-0.4, -0.2) is 31.2 Å². The molecule has 0 spiro atoms. The van der Waals surface area contributed by atoms with E-state index in [1.807, 2.05) is 18.2 Å². The molecule has 112 valence electrons. The Bertz CT molecular complexity index is 657. The number of aromatic nitrogens is 1. The van der Waals surface area contributed by atoms with E-state index in [0.29, 0.717) is 12.2 Å². The molecule has 0 unspecified atom stereocenters. The van der Waals surface area contributed by atoms with Crippen LogP contribution < -0.4 is 15.0 Å². The highest BCUT2D eigenvalue weighted by molar-refractivity contribution is 5.51. The number of nitriles is 1. The molecule has 2 heterocycles. The first-order valence-corrected chi connectivity index (χ1v) is 7.39. The third-order valence-electron chi connectivity index (χ3n) is 3.64. The van der Waals surface area contributed by atoms with Crippen LogP contribution in [0.5, 0.6) is 5.75 Å². The van der Waals surface area contributed by atoms with Crippen molar-refractivity contribution in [2.24, 2.45) is 0 Å². The number of pyridine rings is 1. The van der Waals surface area contributed by atoms with Crippen LogP contribution in [0.1, 0.15) is 11.3 Å². The van der Waals surface area contributed by atoms with Gasteiger partial charge < -0.3 is 15.0 Å². The summed E-state index contributed by atoms with van der Waals surface area (Å²) in [7, 11) is 0. The minimum Gasteiger partial charge on any atom is -0.487 e. The third kappa shape index (κ3) is 3.54. The molecule has 2 aromatic rings. The molecule has 1 fully saturated rings. The number of hydrogen-bond donors (Lipinski definition) is 1. The largest absolute Gasteiger partial charge is 0.487 e. The average molecular weight is 294 g/mol. The fraction of sp³-hybridized carbons (Fsp3) is 0.294. The Morgan fingerprint density at radius 3 is 2.82 bits per heavy atom. The normalized spacial score (nSPS) is 14.4. The van der Waals surface area contributed by atoms with Gasteiger partial charge in [-0.15, -0.1) is 0 Å².